The number of hydrogen-bond acceptors (Lipinski definition) is 4. The second-order valence-electron chi connectivity index (χ2n) is 5.19. The van der Waals surface area contributed by atoms with Crippen molar-refractivity contribution in [2.75, 3.05) is 18.5 Å². The fourth-order valence-corrected chi connectivity index (χ4v) is 2.73. The van der Waals surface area contributed by atoms with Gasteiger partial charge >= 0.3 is 0 Å². The Balaban J connectivity index is 1.71. The summed E-state index contributed by atoms with van der Waals surface area (Å²) in [6, 6.07) is 5.79. The van der Waals surface area contributed by atoms with E-state index in [9.17, 15) is 9.18 Å². The summed E-state index contributed by atoms with van der Waals surface area (Å²) in [5, 5.41) is 2.69. The van der Waals surface area contributed by atoms with Crippen LogP contribution in [0.1, 0.15) is 16.8 Å². The maximum Gasteiger partial charge on any atom is 0.257 e. The van der Waals surface area contributed by atoms with Gasteiger partial charge in [0.25, 0.3) is 5.91 Å². The van der Waals surface area contributed by atoms with Crippen LogP contribution >= 0.6 is 27.5 Å². The van der Waals surface area contributed by atoms with Crippen molar-refractivity contribution in [2.24, 2.45) is 0 Å². The van der Waals surface area contributed by atoms with Crippen LogP contribution in [0, 0.1) is 5.82 Å². The highest BCUT2D eigenvalue weighted by atomic mass is 79.9. The highest BCUT2D eigenvalue weighted by molar-refractivity contribution is 9.10. The molecule has 126 valence electrons. The number of nitrogens with zero attached hydrogens (tertiary/aromatic N) is 1. The van der Waals surface area contributed by atoms with Crippen molar-refractivity contribution in [1.82, 2.24) is 4.98 Å². The van der Waals surface area contributed by atoms with Crippen LogP contribution < -0.4 is 10.1 Å². The molecule has 2 aromatic rings. The highest BCUT2D eigenvalue weighted by Crippen LogP contribution is 2.26. The van der Waals surface area contributed by atoms with Crippen molar-refractivity contribution < 1.29 is 18.7 Å². The van der Waals surface area contributed by atoms with Crippen LogP contribution in [0.25, 0.3) is 0 Å². The Labute approximate surface area is 151 Å². The average molecular weight is 416 g/mol. The number of carbonyl (C=O) groups is 1. The van der Waals surface area contributed by atoms with Gasteiger partial charge in [0, 0.05) is 17.1 Å². The monoisotopic (exact) mass is 414 g/mol. The first-order valence-corrected chi connectivity index (χ1v) is 8.36. The predicted octanol–water partition coefficient (Wildman–Crippen LogP) is 4.06. The van der Waals surface area contributed by atoms with Crippen LogP contribution in [0.3, 0.4) is 0 Å². The Morgan fingerprint density at radius 3 is 2.96 bits per heavy atom. The van der Waals surface area contributed by atoms with Crippen molar-refractivity contribution in [3.63, 3.8) is 0 Å². The molecule has 1 aromatic carbocycles. The summed E-state index contributed by atoms with van der Waals surface area (Å²) in [5.41, 5.74) is 0.278. The van der Waals surface area contributed by atoms with Gasteiger partial charge in [-0.25, -0.2) is 9.37 Å². The van der Waals surface area contributed by atoms with E-state index in [2.05, 4.69) is 26.2 Å². The second kappa shape index (κ2) is 7.46. The lowest BCUT2D eigenvalue weighted by molar-refractivity contribution is 0.102. The van der Waals surface area contributed by atoms with Gasteiger partial charge in [0.15, 0.2) is 0 Å². The lowest BCUT2D eigenvalue weighted by Gasteiger charge is -2.13. The molecule has 1 amide bonds. The van der Waals surface area contributed by atoms with E-state index in [1.165, 1.54) is 24.4 Å². The van der Waals surface area contributed by atoms with E-state index in [-0.39, 0.29) is 28.3 Å². The van der Waals surface area contributed by atoms with E-state index >= 15 is 0 Å². The number of anilines is 1. The van der Waals surface area contributed by atoms with Crippen LogP contribution in [-0.2, 0) is 4.74 Å². The zero-order chi connectivity index (χ0) is 17.1. The molecule has 1 fully saturated rings. The largest absolute Gasteiger partial charge is 0.471 e. The molecule has 0 radical (unpaired) electrons. The summed E-state index contributed by atoms with van der Waals surface area (Å²) in [4.78, 5) is 16.3. The van der Waals surface area contributed by atoms with E-state index in [4.69, 9.17) is 21.1 Å². The van der Waals surface area contributed by atoms with Crippen molar-refractivity contribution in [2.45, 2.75) is 12.5 Å². The quantitative estimate of drug-likeness (QED) is 0.818. The van der Waals surface area contributed by atoms with Crippen LogP contribution in [0.4, 0.5) is 10.1 Å². The molecule has 0 spiro atoms. The standard InChI is InChI=1S/C16H13BrClFN2O3/c17-10-1-2-14(13(19)6-10)21-15(22)9-5-12(18)16(20-7-9)24-11-3-4-23-8-11/h1-2,5-7,11H,3-4,8H2,(H,21,22). The van der Waals surface area contributed by atoms with Gasteiger partial charge < -0.3 is 14.8 Å². The molecule has 0 saturated carbocycles. The summed E-state index contributed by atoms with van der Waals surface area (Å²) in [6.07, 6.45) is 2.01. The van der Waals surface area contributed by atoms with E-state index in [0.29, 0.717) is 17.7 Å². The zero-order valence-corrected chi connectivity index (χ0v) is 14.7. The average Bonchev–Trinajstić information content (AvgIpc) is 3.05. The summed E-state index contributed by atoms with van der Waals surface area (Å²) in [7, 11) is 0. The van der Waals surface area contributed by atoms with E-state index < -0.39 is 11.7 Å². The summed E-state index contributed by atoms with van der Waals surface area (Å²) in [5.74, 6) is -0.808. The Bertz CT molecular complexity index is 769. The SMILES string of the molecule is O=C(Nc1ccc(Br)cc1F)c1cnc(OC2CCOC2)c(Cl)c1. The topological polar surface area (TPSA) is 60.5 Å². The molecule has 5 nitrogen and oxygen atoms in total. The maximum absolute atomic E-state index is 13.8. The smallest absolute Gasteiger partial charge is 0.257 e. The molecule has 1 aromatic heterocycles. The molecular weight excluding hydrogens is 403 g/mol. The Hall–Kier alpha value is -1.70. The number of ether oxygens (including phenoxy) is 2. The summed E-state index contributed by atoms with van der Waals surface area (Å²) < 4.78 is 25.2. The molecule has 3 rings (SSSR count). The van der Waals surface area contributed by atoms with E-state index in [1.807, 2.05) is 0 Å². The van der Waals surface area contributed by atoms with Crippen molar-refractivity contribution in [3.8, 4) is 5.88 Å². The summed E-state index contributed by atoms with van der Waals surface area (Å²) >= 11 is 9.28. The number of pyridine rings is 1. The van der Waals surface area contributed by atoms with Crippen molar-refractivity contribution in [3.05, 3.63) is 51.3 Å². The number of nitrogens with one attached hydrogen (secondary N) is 1. The zero-order valence-electron chi connectivity index (χ0n) is 12.4. The molecule has 1 unspecified atom stereocenters. The first kappa shape index (κ1) is 17.1. The number of hydrogen-bond donors (Lipinski definition) is 1. The minimum absolute atomic E-state index is 0.0720. The second-order valence-corrected chi connectivity index (χ2v) is 6.52. The molecule has 8 heteroatoms. The number of aromatic nitrogens is 1. The molecular formula is C16H13BrClFN2O3. The Kier molecular flexibility index (Phi) is 5.33. The molecule has 1 atom stereocenters. The van der Waals surface area contributed by atoms with Gasteiger partial charge in [-0.15, -0.1) is 0 Å². The summed E-state index contributed by atoms with van der Waals surface area (Å²) in [6.45, 7) is 1.13. The first-order valence-electron chi connectivity index (χ1n) is 7.19. The van der Waals surface area contributed by atoms with Gasteiger partial charge in [-0.2, -0.15) is 0 Å². The first-order chi connectivity index (χ1) is 11.5. The number of rotatable bonds is 4. The third kappa shape index (κ3) is 4.03. The van der Waals surface area contributed by atoms with Gasteiger partial charge in [0.2, 0.25) is 5.88 Å². The lowest BCUT2D eigenvalue weighted by Crippen LogP contribution is -2.17. The minimum Gasteiger partial charge on any atom is -0.471 e. The number of benzene rings is 1. The minimum atomic E-state index is -0.544. The third-order valence-electron chi connectivity index (χ3n) is 3.42. The lowest BCUT2D eigenvalue weighted by atomic mass is 10.2. The molecule has 0 bridgehead atoms. The Morgan fingerprint density at radius 2 is 2.29 bits per heavy atom. The van der Waals surface area contributed by atoms with Crippen molar-refractivity contribution in [1.29, 1.82) is 0 Å². The van der Waals surface area contributed by atoms with Gasteiger partial charge in [0.05, 0.1) is 24.5 Å². The van der Waals surface area contributed by atoms with Gasteiger partial charge in [-0.1, -0.05) is 27.5 Å². The number of halogens is 3. The molecule has 1 N–H and O–H groups in total. The van der Waals surface area contributed by atoms with Crippen LogP contribution in [0.5, 0.6) is 5.88 Å². The van der Waals surface area contributed by atoms with Crippen LogP contribution in [0.2, 0.25) is 5.02 Å². The fraction of sp³-hybridized carbons (Fsp3) is 0.250. The van der Waals surface area contributed by atoms with E-state index in [1.54, 1.807) is 6.07 Å². The molecule has 0 aliphatic carbocycles. The highest BCUT2D eigenvalue weighted by Gasteiger charge is 2.20. The maximum atomic E-state index is 13.8. The van der Waals surface area contributed by atoms with Crippen LogP contribution in [0.15, 0.2) is 34.9 Å². The van der Waals surface area contributed by atoms with E-state index in [0.717, 1.165) is 6.42 Å². The van der Waals surface area contributed by atoms with Crippen molar-refractivity contribution >= 4 is 39.1 Å². The fourth-order valence-electron chi connectivity index (χ4n) is 2.19. The number of amides is 1. The normalized spacial score (nSPS) is 16.9. The van der Waals surface area contributed by atoms with Gasteiger partial charge in [-0.05, 0) is 24.3 Å². The molecule has 1 saturated heterocycles. The molecule has 24 heavy (non-hydrogen) atoms. The van der Waals surface area contributed by atoms with Gasteiger partial charge in [0.1, 0.15) is 16.9 Å². The molecule has 1 aliphatic rings. The molecule has 1 aliphatic heterocycles. The predicted molar refractivity (Wildman–Crippen MR) is 91.2 cm³/mol. The Morgan fingerprint density at radius 1 is 1.46 bits per heavy atom. The number of carbonyl (C=O) groups excluding carboxylic acids is 1. The van der Waals surface area contributed by atoms with Gasteiger partial charge in [-0.3, -0.25) is 4.79 Å². The van der Waals surface area contributed by atoms with Crippen LogP contribution in [-0.4, -0.2) is 30.2 Å². The molecule has 2 heterocycles. The third-order valence-corrected chi connectivity index (χ3v) is 4.18.